The first kappa shape index (κ1) is 25.8. The molecule has 6 rings (SSSR count). The molecule has 2 saturated heterocycles. The van der Waals surface area contributed by atoms with Crippen LogP contribution in [0.3, 0.4) is 0 Å². The Balaban J connectivity index is 1.43. The number of fused-ring (bicyclic) bond motifs is 2. The van der Waals surface area contributed by atoms with E-state index in [0.29, 0.717) is 46.9 Å². The number of hydrogen-bond acceptors (Lipinski definition) is 7. The Morgan fingerprint density at radius 2 is 1.68 bits per heavy atom. The molecule has 0 N–H and O–H groups in total. The maximum Gasteiger partial charge on any atom is 0.308 e. The number of rotatable bonds is 4. The Morgan fingerprint density at radius 3 is 2.37 bits per heavy atom. The molecule has 3 unspecified atom stereocenters. The summed E-state index contributed by atoms with van der Waals surface area (Å²) in [7, 11) is 0. The number of anilines is 1. The van der Waals surface area contributed by atoms with Crippen molar-refractivity contribution in [2.45, 2.75) is 22.7 Å². The Labute approximate surface area is 239 Å². The van der Waals surface area contributed by atoms with Crippen molar-refractivity contribution in [1.82, 2.24) is 9.47 Å². The second-order valence-electron chi connectivity index (χ2n) is 9.20. The lowest BCUT2D eigenvalue weighted by molar-refractivity contribution is -0.136. The molecule has 0 spiro atoms. The van der Waals surface area contributed by atoms with E-state index in [4.69, 9.17) is 16.3 Å². The summed E-state index contributed by atoms with van der Waals surface area (Å²) in [5, 5.41) is 0.344. The summed E-state index contributed by atoms with van der Waals surface area (Å²) in [6.45, 7) is 1.75. The molecule has 8 nitrogen and oxygen atoms in total. The topological polar surface area (TPSA) is 88.9 Å². The third kappa shape index (κ3) is 4.44. The molecule has 3 aliphatic heterocycles. The highest BCUT2D eigenvalue weighted by atomic mass is 79.9. The van der Waals surface area contributed by atoms with E-state index in [0.717, 1.165) is 21.4 Å². The molecule has 196 valence electrons. The first-order valence-corrected chi connectivity index (χ1v) is 14.8. The van der Waals surface area contributed by atoms with Gasteiger partial charge in [0.05, 0.1) is 29.8 Å². The lowest BCUT2D eigenvalue weighted by atomic mass is 9.83. The van der Waals surface area contributed by atoms with Gasteiger partial charge in [-0.3, -0.25) is 23.7 Å². The van der Waals surface area contributed by atoms with E-state index in [1.54, 1.807) is 29.2 Å². The Kier molecular flexibility index (Phi) is 6.98. The van der Waals surface area contributed by atoms with E-state index in [1.165, 1.54) is 21.2 Å². The third-order valence-corrected chi connectivity index (χ3v) is 10.4. The predicted octanol–water partition coefficient (Wildman–Crippen LogP) is 3.98. The molecule has 1 aromatic heterocycles. The fraction of sp³-hybridized carbons (Fsp3) is 0.308. The molecular weight excluding hydrogens is 614 g/mol. The number of carbonyl (C=O) groups excluding carboxylic acids is 3. The zero-order valence-electron chi connectivity index (χ0n) is 19.8. The minimum Gasteiger partial charge on any atom is -0.378 e. The maximum atomic E-state index is 13.9. The van der Waals surface area contributed by atoms with E-state index in [9.17, 15) is 19.2 Å². The van der Waals surface area contributed by atoms with Gasteiger partial charge in [-0.25, -0.2) is 4.90 Å². The van der Waals surface area contributed by atoms with Gasteiger partial charge >= 0.3 is 4.87 Å². The van der Waals surface area contributed by atoms with E-state index < -0.39 is 17.1 Å². The number of amides is 3. The largest absolute Gasteiger partial charge is 0.378 e. The Morgan fingerprint density at radius 1 is 1.00 bits per heavy atom. The van der Waals surface area contributed by atoms with Gasteiger partial charge < -0.3 is 9.64 Å². The molecule has 3 atom stereocenters. The molecule has 4 heterocycles. The normalized spacial score (nSPS) is 22.9. The summed E-state index contributed by atoms with van der Waals surface area (Å²) in [6, 6.07) is 14.2. The predicted molar refractivity (Wildman–Crippen MR) is 149 cm³/mol. The third-order valence-electron chi connectivity index (χ3n) is 7.02. The number of aromatic nitrogens is 1. The molecule has 3 aromatic rings. The summed E-state index contributed by atoms with van der Waals surface area (Å²) in [5.41, 5.74) is 1.29. The van der Waals surface area contributed by atoms with Crippen LogP contribution in [0.15, 0.2) is 62.8 Å². The molecule has 2 fully saturated rings. The smallest absolute Gasteiger partial charge is 0.308 e. The van der Waals surface area contributed by atoms with Crippen molar-refractivity contribution in [1.29, 1.82) is 0 Å². The first-order chi connectivity index (χ1) is 18.3. The first-order valence-electron chi connectivity index (χ1n) is 12.0. The fourth-order valence-electron chi connectivity index (χ4n) is 5.18. The Bertz CT molecular complexity index is 1480. The number of thioether (sulfide) groups is 1. The van der Waals surface area contributed by atoms with Gasteiger partial charge in [0, 0.05) is 33.4 Å². The molecule has 0 bridgehead atoms. The lowest BCUT2D eigenvalue weighted by Gasteiger charge is -2.31. The minimum absolute atomic E-state index is 0.120. The van der Waals surface area contributed by atoms with Crippen LogP contribution in [0.25, 0.3) is 0 Å². The van der Waals surface area contributed by atoms with Crippen molar-refractivity contribution in [3.8, 4) is 0 Å². The standard InChI is InChI=1S/C26H21BrClN3O5S2/c27-15-3-1-14(2-4-15)19-20-21(24(34)31(23(20)33)17-7-5-16(28)6-8-17)37-25-22(19)38-26(35)30(25)13-18(32)29-9-11-36-12-10-29/h1-8,19-21H,9-13H2. The number of morpholine rings is 1. The van der Waals surface area contributed by atoms with Gasteiger partial charge in [0.1, 0.15) is 11.8 Å². The van der Waals surface area contributed by atoms with E-state index in [2.05, 4.69) is 15.9 Å². The molecule has 0 aliphatic carbocycles. The number of thiazole rings is 1. The number of imide groups is 1. The highest BCUT2D eigenvalue weighted by molar-refractivity contribution is 9.10. The molecule has 12 heteroatoms. The van der Waals surface area contributed by atoms with Crippen molar-refractivity contribution in [2.24, 2.45) is 5.92 Å². The van der Waals surface area contributed by atoms with Crippen molar-refractivity contribution < 1.29 is 19.1 Å². The van der Waals surface area contributed by atoms with E-state index in [-0.39, 0.29) is 29.1 Å². The van der Waals surface area contributed by atoms with Crippen LogP contribution in [0.5, 0.6) is 0 Å². The zero-order chi connectivity index (χ0) is 26.6. The van der Waals surface area contributed by atoms with Crippen LogP contribution in [-0.2, 0) is 25.7 Å². The van der Waals surface area contributed by atoms with Gasteiger partial charge in [-0.15, -0.1) is 0 Å². The summed E-state index contributed by atoms with van der Waals surface area (Å²) in [6.07, 6.45) is 0. The highest BCUT2D eigenvalue weighted by Gasteiger charge is 2.56. The fourth-order valence-corrected chi connectivity index (χ4v) is 8.34. The molecule has 3 amide bonds. The summed E-state index contributed by atoms with van der Waals surface area (Å²) in [4.78, 5) is 57.2. The number of nitrogens with zero attached hydrogens (tertiary/aromatic N) is 3. The van der Waals surface area contributed by atoms with Crippen molar-refractivity contribution in [3.05, 3.63) is 78.1 Å². The number of halogens is 2. The SMILES string of the molecule is O=C(Cn1c2c(sc1=O)C(c1ccc(Br)cc1)C1C(=O)N(c3ccc(Cl)cc3)C(=O)C1S2)N1CCOCC1. The number of ether oxygens (including phenoxy) is 1. The number of benzene rings is 2. The minimum atomic E-state index is -0.738. The zero-order valence-corrected chi connectivity index (χ0v) is 23.8. The molecular formula is C26H21BrClN3O5S2. The van der Waals surface area contributed by atoms with Crippen molar-refractivity contribution >= 4 is 74.0 Å². The molecule has 0 saturated carbocycles. The van der Waals surface area contributed by atoms with Crippen molar-refractivity contribution in [2.75, 3.05) is 31.2 Å². The van der Waals surface area contributed by atoms with Gasteiger partial charge in [0.15, 0.2) is 0 Å². The van der Waals surface area contributed by atoms with Gasteiger partial charge in [-0.2, -0.15) is 0 Å². The van der Waals surface area contributed by atoms with Gasteiger partial charge in [0.2, 0.25) is 17.7 Å². The van der Waals surface area contributed by atoms with E-state index in [1.807, 2.05) is 24.3 Å². The average Bonchev–Trinajstić information content (AvgIpc) is 3.36. The lowest BCUT2D eigenvalue weighted by Crippen LogP contribution is -2.43. The monoisotopic (exact) mass is 633 g/mol. The molecule has 2 aromatic carbocycles. The summed E-state index contributed by atoms with van der Waals surface area (Å²) >= 11 is 11.8. The van der Waals surface area contributed by atoms with Gasteiger partial charge in [-0.05, 0) is 42.0 Å². The molecule has 0 radical (unpaired) electrons. The Hall–Kier alpha value is -2.44. The van der Waals surface area contributed by atoms with Crippen LogP contribution in [-0.4, -0.2) is 58.7 Å². The van der Waals surface area contributed by atoms with Crippen LogP contribution in [0.4, 0.5) is 5.69 Å². The number of hydrogen-bond donors (Lipinski definition) is 0. The highest BCUT2D eigenvalue weighted by Crippen LogP contribution is 2.54. The molecule has 3 aliphatic rings. The van der Waals surface area contributed by atoms with E-state index >= 15 is 0 Å². The maximum absolute atomic E-state index is 13.9. The summed E-state index contributed by atoms with van der Waals surface area (Å²) < 4.78 is 7.69. The summed E-state index contributed by atoms with van der Waals surface area (Å²) in [5.74, 6) is -2.03. The number of carbonyl (C=O) groups is 3. The van der Waals surface area contributed by atoms with Crippen LogP contribution < -0.4 is 9.77 Å². The van der Waals surface area contributed by atoms with Crippen LogP contribution in [0.2, 0.25) is 5.02 Å². The van der Waals surface area contributed by atoms with Crippen LogP contribution in [0.1, 0.15) is 16.4 Å². The van der Waals surface area contributed by atoms with Crippen LogP contribution in [0, 0.1) is 5.92 Å². The quantitative estimate of drug-likeness (QED) is 0.404. The van der Waals surface area contributed by atoms with Crippen molar-refractivity contribution in [3.63, 3.8) is 0 Å². The second-order valence-corrected chi connectivity index (χ2v) is 12.7. The molecule has 38 heavy (non-hydrogen) atoms. The van der Waals surface area contributed by atoms with Gasteiger partial charge in [-0.1, -0.05) is 62.8 Å². The second kappa shape index (κ2) is 10.3. The van der Waals surface area contributed by atoms with Gasteiger partial charge in [0.25, 0.3) is 0 Å². The van der Waals surface area contributed by atoms with Crippen LogP contribution >= 0.6 is 50.6 Å². The average molecular weight is 635 g/mol.